The fourth-order valence-electron chi connectivity index (χ4n) is 1.26. The third-order valence-corrected chi connectivity index (χ3v) is 2.05. The first kappa shape index (κ1) is 13.0. The zero-order valence-corrected chi connectivity index (χ0v) is 9.50. The molecule has 0 saturated heterocycles. The third kappa shape index (κ3) is 4.11. The summed E-state index contributed by atoms with van der Waals surface area (Å²) >= 11 is 0. The highest BCUT2D eigenvalue weighted by molar-refractivity contribution is 5.70. The molecule has 0 aliphatic rings. The van der Waals surface area contributed by atoms with Gasteiger partial charge in [0.2, 0.25) is 0 Å². The average molecular weight is 236 g/mol. The van der Waals surface area contributed by atoms with E-state index in [4.69, 9.17) is 10.00 Å². The maximum absolute atomic E-state index is 13.0. The van der Waals surface area contributed by atoms with Crippen LogP contribution in [0.3, 0.4) is 0 Å². The van der Waals surface area contributed by atoms with Gasteiger partial charge >= 0.3 is 5.97 Å². The number of carbonyl (C=O) groups excluding carboxylic acids is 1. The predicted octanol–water partition coefficient (Wildman–Crippen LogP) is 2.06. The maximum atomic E-state index is 13.0. The van der Waals surface area contributed by atoms with Crippen molar-refractivity contribution in [2.45, 2.75) is 13.3 Å². The lowest BCUT2D eigenvalue weighted by molar-refractivity contribution is -0.142. The normalized spacial score (nSPS) is 9.47. The molecule has 0 amide bonds. The molecule has 1 aromatic rings. The summed E-state index contributed by atoms with van der Waals surface area (Å²) in [6.45, 7) is 2.48. The minimum Gasteiger partial charge on any atom is -0.466 e. The lowest BCUT2D eigenvalue weighted by atomic mass is 10.2. The number of nitriles is 1. The summed E-state index contributed by atoms with van der Waals surface area (Å²) in [7, 11) is 0. The van der Waals surface area contributed by atoms with E-state index in [0.29, 0.717) is 18.8 Å². The Morgan fingerprint density at radius 3 is 3.00 bits per heavy atom. The molecule has 0 aliphatic carbocycles. The van der Waals surface area contributed by atoms with Gasteiger partial charge in [-0.25, -0.2) is 4.39 Å². The first-order chi connectivity index (χ1) is 8.17. The summed E-state index contributed by atoms with van der Waals surface area (Å²) in [6.07, 6.45) is 0.229. The zero-order valence-electron chi connectivity index (χ0n) is 9.50. The fourth-order valence-corrected chi connectivity index (χ4v) is 1.26. The summed E-state index contributed by atoms with van der Waals surface area (Å²) in [5.41, 5.74) is 0.582. The van der Waals surface area contributed by atoms with E-state index in [9.17, 15) is 9.18 Å². The van der Waals surface area contributed by atoms with Gasteiger partial charge in [-0.05, 0) is 25.1 Å². The van der Waals surface area contributed by atoms with Crippen LogP contribution in [0.2, 0.25) is 0 Å². The van der Waals surface area contributed by atoms with Crippen molar-refractivity contribution < 1.29 is 13.9 Å². The molecule has 0 bridgehead atoms. The second kappa shape index (κ2) is 6.48. The molecule has 1 N–H and O–H groups in total. The smallest absolute Gasteiger partial charge is 0.307 e. The molecule has 0 heterocycles. The molecule has 0 unspecified atom stereocenters. The van der Waals surface area contributed by atoms with Crippen LogP contribution in [0, 0.1) is 17.1 Å². The van der Waals surface area contributed by atoms with E-state index in [-0.39, 0.29) is 18.0 Å². The molecule has 17 heavy (non-hydrogen) atoms. The molecule has 0 atom stereocenters. The van der Waals surface area contributed by atoms with Crippen molar-refractivity contribution in [1.82, 2.24) is 0 Å². The number of rotatable bonds is 5. The Morgan fingerprint density at radius 2 is 2.35 bits per heavy atom. The molecule has 1 rings (SSSR count). The first-order valence-corrected chi connectivity index (χ1v) is 5.26. The number of benzene rings is 1. The van der Waals surface area contributed by atoms with Gasteiger partial charge in [0.25, 0.3) is 0 Å². The van der Waals surface area contributed by atoms with E-state index in [1.165, 1.54) is 18.2 Å². The number of ether oxygens (including phenoxy) is 1. The van der Waals surface area contributed by atoms with Gasteiger partial charge in [0.1, 0.15) is 11.9 Å². The van der Waals surface area contributed by atoms with Gasteiger partial charge in [-0.3, -0.25) is 4.79 Å². The molecule has 90 valence electrons. The Morgan fingerprint density at radius 1 is 1.59 bits per heavy atom. The van der Waals surface area contributed by atoms with Gasteiger partial charge in [-0.2, -0.15) is 5.26 Å². The number of esters is 1. The molecular formula is C12H13FN2O2. The Hall–Kier alpha value is -2.09. The number of anilines is 1. The monoisotopic (exact) mass is 236 g/mol. The minimum absolute atomic E-state index is 0.0221. The van der Waals surface area contributed by atoms with Crippen LogP contribution in [0.5, 0.6) is 0 Å². The van der Waals surface area contributed by atoms with E-state index in [1.54, 1.807) is 13.0 Å². The van der Waals surface area contributed by atoms with Crippen molar-refractivity contribution in [2.24, 2.45) is 0 Å². The lowest BCUT2D eigenvalue weighted by Gasteiger charge is -2.06. The molecule has 0 aromatic heterocycles. The molecule has 5 heteroatoms. The molecule has 0 aliphatic heterocycles. The number of carbonyl (C=O) groups is 1. The fraction of sp³-hybridized carbons (Fsp3) is 0.333. The minimum atomic E-state index is -0.552. The first-order valence-electron chi connectivity index (χ1n) is 5.26. The molecule has 0 saturated carbocycles. The average Bonchev–Trinajstić information content (AvgIpc) is 2.31. The third-order valence-electron chi connectivity index (χ3n) is 2.05. The van der Waals surface area contributed by atoms with Crippen molar-refractivity contribution in [1.29, 1.82) is 5.26 Å². The number of hydrogen-bond acceptors (Lipinski definition) is 4. The van der Waals surface area contributed by atoms with E-state index in [1.807, 2.05) is 0 Å². The van der Waals surface area contributed by atoms with Gasteiger partial charge in [0.05, 0.1) is 18.6 Å². The Balaban J connectivity index is 2.48. The Labute approximate surface area is 99.0 Å². The molecule has 0 fully saturated rings. The second-order valence-corrected chi connectivity index (χ2v) is 3.29. The summed E-state index contributed by atoms with van der Waals surface area (Å²) in [5, 5.41) is 11.6. The van der Waals surface area contributed by atoms with Gasteiger partial charge in [-0.1, -0.05) is 0 Å². The predicted molar refractivity (Wildman–Crippen MR) is 60.9 cm³/mol. The highest BCUT2D eigenvalue weighted by atomic mass is 19.1. The van der Waals surface area contributed by atoms with Gasteiger partial charge in [-0.15, -0.1) is 0 Å². The van der Waals surface area contributed by atoms with Crippen LogP contribution in [-0.4, -0.2) is 19.1 Å². The Kier molecular flexibility index (Phi) is 4.95. The molecule has 1 aromatic carbocycles. The number of halogens is 1. The van der Waals surface area contributed by atoms with Gasteiger partial charge < -0.3 is 10.1 Å². The summed E-state index contributed by atoms with van der Waals surface area (Å²) in [4.78, 5) is 11.0. The van der Waals surface area contributed by atoms with Crippen molar-refractivity contribution in [2.75, 3.05) is 18.5 Å². The van der Waals surface area contributed by atoms with Crippen LogP contribution in [0.1, 0.15) is 18.9 Å². The molecular weight excluding hydrogens is 223 g/mol. The number of nitrogens with one attached hydrogen (secondary N) is 1. The van der Waals surface area contributed by atoms with Crippen LogP contribution < -0.4 is 5.32 Å². The van der Waals surface area contributed by atoms with Crippen molar-refractivity contribution >= 4 is 11.7 Å². The second-order valence-electron chi connectivity index (χ2n) is 3.29. The standard InChI is InChI=1S/C12H13FN2O2/c1-2-17-12(16)5-6-15-10-3-4-11(13)9(7-10)8-14/h3-4,7,15H,2,5-6H2,1H3. The van der Waals surface area contributed by atoms with Crippen molar-refractivity contribution in [3.63, 3.8) is 0 Å². The topological polar surface area (TPSA) is 62.1 Å². The van der Waals surface area contributed by atoms with Gasteiger partial charge in [0.15, 0.2) is 0 Å². The molecule has 4 nitrogen and oxygen atoms in total. The van der Waals surface area contributed by atoms with Crippen LogP contribution in [0.25, 0.3) is 0 Å². The highest BCUT2D eigenvalue weighted by Crippen LogP contribution is 2.13. The largest absolute Gasteiger partial charge is 0.466 e. The number of hydrogen-bond donors (Lipinski definition) is 1. The molecule has 0 spiro atoms. The van der Waals surface area contributed by atoms with Crippen molar-refractivity contribution in [3.05, 3.63) is 29.6 Å². The SMILES string of the molecule is CCOC(=O)CCNc1ccc(F)c(C#N)c1. The quantitative estimate of drug-likeness (QED) is 0.795. The summed E-state index contributed by atoms with van der Waals surface area (Å²) in [5.74, 6) is -0.842. The summed E-state index contributed by atoms with van der Waals surface area (Å²) < 4.78 is 17.7. The highest BCUT2D eigenvalue weighted by Gasteiger charge is 2.04. The number of nitrogens with zero attached hydrogens (tertiary/aromatic N) is 1. The van der Waals surface area contributed by atoms with Crippen LogP contribution >= 0.6 is 0 Å². The summed E-state index contributed by atoms with van der Waals surface area (Å²) in [6, 6.07) is 5.88. The van der Waals surface area contributed by atoms with E-state index in [2.05, 4.69) is 5.32 Å². The zero-order chi connectivity index (χ0) is 12.7. The van der Waals surface area contributed by atoms with Crippen LogP contribution in [0.4, 0.5) is 10.1 Å². The Bertz CT molecular complexity index is 441. The van der Waals surface area contributed by atoms with E-state index >= 15 is 0 Å². The van der Waals surface area contributed by atoms with Crippen LogP contribution in [0.15, 0.2) is 18.2 Å². The van der Waals surface area contributed by atoms with E-state index < -0.39 is 5.82 Å². The van der Waals surface area contributed by atoms with Crippen molar-refractivity contribution in [3.8, 4) is 6.07 Å². The van der Waals surface area contributed by atoms with Crippen LogP contribution in [-0.2, 0) is 9.53 Å². The van der Waals surface area contributed by atoms with E-state index in [0.717, 1.165) is 0 Å². The maximum Gasteiger partial charge on any atom is 0.307 e. The van der Waals surface area contributed by atoms with Gasteiger partial charge in [0, 0.05) is 12.2 Å². The molecule has 0 radical (unpaired) electrons. The lowest BCUT2D eigenvalue weighted by Crippen LogP contribution is -2.11.